The van der Waals surface area contributed by atoms with Crippen LogP contribution in [0, 0.1) is 0 Å². The van der Waals surface area contributed by atoms with Crippen molar-refractivity contribution in [3.8, 4) is 11.6 Å². The fourth-order valence-electron chi connectivity index (χ4n) is 4.03. The van der Waals surface area contributed by atoms with Gasteiger partial charge in [0.05, 0.1) is 18.4 Å². The quantitative estimate of drug-likeness (QED) is 0.511. The molecule has 196 valence electrons. The third-order valence-corrected chi connectivity index (χ3v) is 6.23. The summed E-state index contributed by atoms with van der Waals surface area (Å²) < 4.78 is 12.8. The molecule has 1 aliphatic heterocycles. The van der Waals surface area contributed by atoms with E-state index in [4.69, 9.17) is 9.47 Å². The van der Waals surface area contributed by atoms with Crippen LogP contribution in [0.3, 0.4) is 0 Å². The summed E-state index contributed by atoms with van der Waals surface area (Å²) in [7, 11) is 3.34. The lowest BCUT2D eigenvalue weighted by molar-refractivity contribution is 0.0595. The molecule has 10 heteroatoms. The minimum Gasteiger partial charge on any atom is -0.490 e. The number of ether oxygens (including phenoxy) is 2. The van der Waals surface area contributed by atoms with Gasteiger partial charge in [-0.3, -0.25) is 14.8 Å². The predicted molar refractivity (Wildman–Crippen MR) is 141 cm³/mol. The molecule has 0 atom stereocenters. The fourth-order valence-corrected chi connectivity index (χ4v) is 4.03. The highest BCUT2D eigenvalue weighted by atomic mass is 16.5. The van der Waals surface area contributed by atoms with Crippen LogP contribution in [0.4, 0.5) is 16.3 Å². The molecule has 10 nitrogen and oxygen atoms in total. The summed E-state index contributed by atoms with van der Waals surface area (Å²) in [6, 6.07) is 12.2. The summed E-state index contributed by atoms with van der Waals surface area (Å²) in [6.07, 6.45) is 3.03. The first-order valence-corrected chi connectivity index (χ1v) is 12.3. The zero-order chi connectivity index (χ0) is 26.6. The number of hydrogen-bond acceptors (Lipinski definition) is 6. The Hall–Kier alpha value is -4.08. The highest BCUT2D eigenvalue weighted by molar-refractivity contribution is 5.99. The highest BCUT2D eigenvalue weighted by Crippen LogP contribution is 2.24. The second kappa shape index (κ2) is 10.9. The second-order valence-electron chi connectivity index (χ2n) is 10.1. The van der Waals surface area contributed by atoms with Gasteiger partial charge in [0.1, 0.15) is 17.7 Å². The number of hydrogen-bond donors (Lipinski definition) is 2. The average Bonchev–Trinajstić information content (AvgIpc) is 3.26. The van der Waals surface area contributed by atoms with Gasteiger partial charge in [0, 0.05) is 62.4 Å². The molecular weight excluding hydrogens is 472 g/mol. The lowest BCUT2D eigenvalue weighted by atomic mass is 9.92. The summed E-state index contributed by atoms with van der Waals surface area (Å²) in [4.78, 5) is 31.1. The summed E-state index contributed by atoms with van der Waals surface area (Å²) >= 11 is 0. The van der Waals surface area contributed by atoms with Crippen molar-refractivity contribution < 1.29 is 19.1 Å². The predicted octanol–water partition coefficient (Wildman–Crippen LogP) is 4.45. The van der Waals surface area contributed by atoms with Crippen molar-refractivity contribution in [2.45, 2.75) is 45.1 Å². The van der Waals surface area contributed by atoms with Crippen molar-refractivity contribution >= 4 is 23.4 Å². The number of carbonyl (C=O) groups excluding carboxylic acids is 2. The van der Waals surface area contributed by atoms with Crippen molar-refractivity contribution in [1.29, 1.82) is 0 Å². The van der Waals surface area contributed by atoms with E-state index in [1.165, 1.54) is 0 Å². The van der Waals surface area contributed by atoms with Gasteiger partial charge in [0.25, 0.3) is 5.91 Å². The minimum atomic E-state index is -0.346. The topological polar surface area (TPSA) is 111 Å². The van der Waals surface area contributed by atoms with E-state index >= 15 is 0 Å². The largest absolute Gasteiger partial charge is 0.490 e. The molecule has 2 N–H and O–H groups in total. The van der Waals surface area contributed by atoms with Crippen molar-refractivity contribution in [1.82, 2.24) is 19.7 Å². The number of benzene rings is 1. The molecule has 3 heterocycles. The molecule has 1 aromatic carbocycles. The molecule has 0 aliphatic carbocycles. The number of aryl methyl sites for hydroxylation is 1. The molecule has 0 radical (unpaired) electrons. The van der Waals surface area contributed by atoms with E-state index in [9.17, 15) is 9.59 Å². The summed E-state index contributed by atoms with van der Waals surface area (Å²) in [5.74, 6) is 1.78. The fraction of sp³-hybridized carbons (Fsp3) is 0.407. The summed E-state index contributed by atoms with van der Waals surface area (Å²) in [5.41, 5.74) is 1.99. The van der Waals surface area contributed by atoms with Gasteiger partial charge in [-0.25, -0.2) is 9.78 Å². The Morgan fingerprint density at radius 1 is 1.03 bits per heavy atom. The summed E-state index contributed by atoms with van der Waals surface area (Å²) in [5, 5.41) is 10.1. The Labute approximate surface area is 217 Å². The van der Waals surface area contributed by atoms with E-state index in [-0.39, 0.29) is 23.5 Å². The number of aromatic nitrogens is 3. The monoisotopic (exact) mass is 506 g/mol. The van der Waals surface area contributed by atoms with Crippen LogP contribution in [-0.4, -0.2) is 57.9 Å². The van der Waals surface area contributed by atoms with E-state index in [1.807, 2.05) is 23.1 Å². The minimum absolute atomic E-state index is 0.0157. The third-order valence-electron chi connectivity index (χ3n) is 6.23. The van der Waals surface area contributed by atoms with Crippen LogP contribution < -0.4 is 20.1 Å². The van der Waals surface area contributed by atoms with Crippen LogP contribution >= 0.6 is 0 Å². The van der Waals surface area contributed by atoms with Crippen LogP contribution in [-0.2, 0) is 12.5 Å². The Balaban J connectivity index is 1.25. The number of anilines is 2. The van der Waals surface area contributed by atoms with E-state index in [0.717, 1.165) is 24.3 Å². The Kier molecular flexibility index (Phi) is 7.66. The number of urea groups is 1. The zero-order valence-electron chi connectivity index (χ0n) is 21.9. The molecule has 37 heavy (non-hydrogen) atoms. The van der Waals surface area contributed by atoms with Crippen molar-refractivity contribution in [2.24, 2.45) is 7.05 Å². The van der Waals surface area contributed by atoms with E-state index in [1.54, 1.807) is 49.3 Å². The van der Waals surface area contributed by atoms with Crippen molar-refractivity contribution in [3.63, 3.8) is 0 Å². The standard InChI is InChI=1S/C27H34N6O4/c1-27(2,3)22-16-23(32(4)31-22)30-26(35)29-19-7-9-20(10-8-19)37-21-12-14-33(15-13-21)25(34)18-6-11-24(36-5)28-17-18/h6-11,16-17,21H,12-15H2,1-5H3,(H2,29,30,35). The Morgan fingerprint density at radius 2 is 1.73 bits per heavy atom. The molecule has 3 amide bonds. The zero-order valence-corrected chi connectivity index (χ0v) is 21.9. The number of nitrogens with one attached hydrogen (secondary N) is 2. The van der Waals surface area contributed by atoms with Crippen LogP contribution in [0.1, 0.15) is 49.7 Å². The van der Waals surface area contributed by atoms with Gasteiger partial charge in [-0.05, 0) is 30.3 Å². The second-order valence-corrected chi connectivity index (χ2v) is 10.1. The number of likely N-dealkylation sites (tertiary alicyclic amines) is 1. The van der Waals surface area contributed by atoms with Gasteiger partial charge in [0.2, 0.25) is 5.88 Å². The molecule has 1 fully saturated rings. The lowest BCUT2D eigenvalue weighted by Gasteiger charge is -2.32. The van der Waals surface area contributed by atoms with E-state index < -0.39 is 0 Å². The summed E-state index contributed by atoms with van der Waals surface area (Å²) in [6.45, 7) is 7.45. The molecule has 1 aliphatic rings. The molecule has 2 aromatic heterocycles. The van der Waals surface area contributed by atoms with Gasteiger partial charge >= 0.3 is 6.03 Å². The highest BCUT2D eigenvalue weighted by Gasteiger charge is 2.25. The number of pyridine rings is 1. The first-order valence-electron chi connectivity index (χ1n) is 12.3. The smallest absolute Gasteiger partial charge is 0.324 e. The first kappa shape index (κ1) is 26.0. The van der Waals surface area contributed by atoms with E-state index in [2.05, 4.69) is 41.5 Å². The average molecular weight is 507 g/mol. The molecular formula is C27H34N6O4. The number of methoxy groups -OCH3 is 1. The molecule has 0 saturated carbocycles. The molecule has 3 aromatic rings. The maximum Gasteiger partial charge on any atom is 0.324 e. The van der Waals surface area contributed by atoms with E-state index in [0.29, 0.717) is 36.0 Å². The number of carbonyl (C=O) groups is 2. The molecule has 0 spiro atoms. The maximum atomic E-state index is 12.7. The maximum absolute atomic E-state index is 12.7. The molecule has 0 bridgehead atoms. The van der Waals surface area contributed by atoms with Crippen LogP contribution in [0.15, 0.2) is 48.7 Å². The van der Waals surface area contributed by atoms with Gasteiger partial charge in [0.15, 0.2) is 0 Å². The third kappa shape index (κ3) is 6.58. The van der Waals surface area contributed by atoms with Crippen LogP contribution in [0.5, 0.6) is 11.6 Å². The van der Waals surface area contributed by atoms with Crippen molar-refractivity contribution in [2.75, 3.05) is 30.8 Å². The van der Waals surface area contributed by atoms with Gasteiger partial charge in [-0.15, -0.1) is 0 Å². The lowest BCUT2D eigenvalue weighted by Crippen LogP contribution is -2.41. The first-order chi connectivity index (χ1) is 17.6. The Morgan fingerprint density at radius 3 is 2.30 bits per heavy atom. The normalized spacial score (nSPS) is 14.2. The molecule has 1 saturated heterocycles. The molecule has 0 unspecified atom stereocenters. The SMILES string of the molecule is COc1ccc(C(=O)N2CCC(Oc3ccc(NC(=O)Nc4cc(C(C)(C)C)nn4C)cc3)CC2)cn1. The number of piperidine rings is 1. The number of amides is 3. The number of rotatable bonds is 6. The Bertz CT molecular complexity index is 1220. The molecule has 4 rings (SSSR count). The van der Waals surface area contributed by atoms with Crippen molar-refractivity contribution in [3.05, 3.63) is 59.9 Å². The van der Waals surface area contributed by atoms with Gasteiger partial charge < -0.3 is 19.7 Å². The van der Waals surface area contributed by atoms with Gasteiger partial charge in [-0.1, -0.05) is 20.8 Å². The van der Waals surface area contributed by atoms with Crippen LogP contribution in [0.2, 0.25) is 0 Å². The van der Waals surface area contributed by atoms with Gasteiger partial charge in [-0.2, -0.15) is 5.10 Å². The van der Waals surface area contributed by atoms with Crippen LogP contribution in [0.25, 0.3) is 0 Å². The number of nitrogens with zero attached hydrogens (tertiary/aromatic N) is 4.